The lowest BCUT2D eigenvalue weighted by molar-refractivity contribution is -0.386. The van der Waals surface area contributed by atoms with Crippen LogP contribution in [0, 0.1) is 10.1 Å². The number of nitro benzene ring substituents is 1. The number of rotatable bonds is 8. The van der Waals surface area contributed by atoms with Crippen molar-refractivity contribution in [2.75, 3.05) is 20.4 Å². The third-order valence-electron chi connectivity index (χ3n) is 4.98. The van der Waals surface area contributed by atoms with Crippen LogP contribution in [0.3, 0.4) is 0 Å². The van der Waals surface area contributed by atoms with Crippen LogP contribution in [0.2, 0.25) is 0 Å². The Morgan fingerprint density at radius 1 is 1.28 bits per heavy atom. The Bertz CT molecular complexity index is 856. The van der Waals surface area contributed by atoms with E-state index >= 15 is 0 Å². The molecule has 2 aromatic carbocycles. The smallest absolute Gasteiger partial charge is 0.311 e. The highest BCUT2D eigenvalue weighted by molar-refractivity contribution is 5.57. The number of nitrogens with one attached hydrogen (secondary N) is 1. The van der Waals surface area contributed by atoms with Crippen LogP contribution >= 0.6 is 0 Å². The average Bonchev–Trinajstić information content (AvgIpc) is 2.69. The first-order valence-corrected chi connectivity index (χ1v) is 9.42. The van der Waals surface area contributed by atoms with E-state index in [9.17, 15) is 15.2 Å². The lowest BCUT2D eigenvalue weighted by atomic mass is 9.86. The fourth-order valence-electron chi connectivity index (χ4n) is 3.43. The van der Waals surface area contributed by atoms with Crippen molar-refractivity contribution < 1.29 is 24.2 Å². The van der Waals surface area contributed by atoms with E-state index in [-0.39, 0.29) is 18.2 Å². The van der Waals surface area contributed by atoms with Crippen LogP contribution in [-0.2, 0) is 11.2 Å². The van der Waals surface area contributed by atoms with Crippen molar-refractivity contribution in [3.63, 3.8) is 0 Å². The number of ether oxygens (including phenoxy) is 3. The highest BCUT2D eigenvalue weighted by Gasteiger charge is 2.44. The number of hydrogen-bond acceptors (Lipinski definition) is 7. The SMILES string of the molecule is COCOc1cc2c(cc1[N+](=O)[O-])[C@H](NCCc1ccccc1)[C@@H](O)C(C)(C)O2. The Kier molecular flexibility index (Phi) is 6.36. The third kappa shape index (κ3) is 4.67. The number of fused-ring (bicyclic) bond motifs is 1. The summed E-state index contributed by atoms with van der Waals surface area (Å²) in [6, 6.07) is 12.3. The highest BCUT2D eigenvalue weighted by Crippen LogP contribution is 2.45. The molecule has 0 unspecified atom stereocenters. The molecule has 1 heterocycles. The number of aliphatic hydroxyl groups excluding tert-OH is 1. The second kappa shape index (κ2) is 8.77. The van der Waals surface area contributed by atoms with Gasteiger partial charge in [0.1, 0.15) is 17.5 Å². The molecular formula is C21H26N2O6. The molecule has 0 fully saturated rings. The van der Waals surface area contributed by atoms with Crippen LogP contribution in [0.4, 0.5) is 5.69 Å². The van der Waals surface area contributed by atoms with Crippen molar-refractivity contribution in [2.24, 2.45) is 0 Å². The van der Waals surface area contributed by atoms with E-state index in [1.807, 2.05) is 30.3 Å². The third-order valence-corrected chi connectivity index (χ3v) is 4.98. The molecule has 2 atom stereocenters. The zero-order chi connectivity index (χ0) is 21.0. The molecule has 0 aromatic heterocycles. The minimum absolute atomic E-state index is 0.0609. The fraction of sp³-hybridized carbons (Fsp3) is 0.429. The largest absolute Gasteiger partial charge is 0.485 e. The van der Waals surface area contributed by atoms with E-state index in [1.54, 1.807) is 13.8 Å². The summed E-state index contributed by atoms with van der Waals surface area (Å²) in [4.78, 5) is 11.0. The molecule has 0 saturated carbocycles. The maximum Gasteiger partial charge on any atom is 0.311 e. The van der Waals surface area contributed by atoms with Crippen LogP contribution in [-0.4, -0.2) is 42.2 Å². The molecular weight excluding hydrogens is 376 g/mol. The van der Waals surface area contributed by atoms with Crippen LogP contribution in [0.1, 0.15) is 31.0 Å². The van der Waals surface area contributed by atoms with Crippen molar-refractivity contribution in [1.29, 1.82) is 0 Å². The molecule has 29 heavy (non-hydrogen) atoms. The summed E-state index contributed by atoms with van der Waals surface area (Å²) in [6.45, 7) is 4.04. The molecule has 0 amide bonds. The summed E-state index contributed by atoms with van der Waals surface area (Å²) in [5.74, 6) is 0.500. The number of methoxy groups -OCH3 is 1. The van der Waals surface area contributed by atoms with Crippen molar-refractivity contribution in [3.05, 3.63) is 63.7 Å². The van der Waals surface area contributed by atoms with Gasteiger partial charge < -0.3 is 24.6 Å². The average molecular weight is 402 g/mol. The first-order valence-electron chi connectivity index (χ1n) is 9.42. The summed E-state index contributed by atoms with van der Waals surface area (Å²) in [7, 11) is 1.44. The van der Waals surface area contributed by atoms with Gasteiger partial charge in [-0.1, -0.05) is 30.3 Å². The van der Waals surface area contributed by atoms with Crippen LogP contribution < -0.4 is 14.8 Å². The van der Waals surface area contributed by atoms with E-state index < -0.39 is 22.7 Å². The lowest BCUT2D eigenvalue weighted by Crippen LogP contribution is -2.52. The van der Waals surface area contributed by atoms with E-state index in [0.717, 1.165) is 12.0 Å². The Balaban J connectivity index is 1.90. The summed E-state index contributed by atoms with van der Waals surface area (Å²) in [5.41, 5.74) is 0.606. The van der Waals surface area contributed by atoms with Gasteiger partial charge in [0.05, 0.1) is 11.0 Å². The van der Waals surface area contributed by atoms with Gasteiger partial charge in [0.2, 0.25) is 5.75 Å². The molecule has 2 N–H and O–H groups in total. The van der Waals surface area contributed by atoms with Gasteiger partial charge in [-0.2, -0.15) is 0 Å². The van der Waals surface area contributed by atoms with Gasteiger partial charge in [-0.3, -0.25) is 10.1 Å². The number of benzene rings is 2. The number of nitro groups is 1. The van der Waals surface area contributed by atoms with Gasteiger partial charge in [-0.15, -0.1) is 0 Å². The van der Waals surface area contributed by atoms with Gasteiger partial charge in [0.15, 0.2) is 6.79 Å². The predicted molar refractivity (Wildman–Crippen MR) is 107 cm³/mol. The molecule has 0 radical (unpaired) electrons. The molecule has 2 aromatic rings. The second-order valence-corrected chi connectivity index (χ2v) is 7.48. The first kappa shape index (κ1) is 21.0. The summed E-state index contributed by atoms with van der Waals surface area (Å²) < 4.78 is 16.2. The molecule has 1 aliphatic rings. The van der Waals surface area contributed by atoms with E-state index in [1.165, 1.54) is 19.2 Å². The summed E-state index contributed by atoms with van der Waals surface area (Å²) in [5, 5.41) is 25.8. The molecule has 1 aliphatic heterocycles. The molecule has 8 nitrogen and oxygen atoms in total. The molecule has 0 spiro atoms. The minimum Gasteiger partial charge on any atom is -0.485 e. The minimum atomic E-state index is -0.892. The fourth-order valence-corrected chi connectivity index (χ4v) is 3.43. The van der Waals surface area contributed by atoms with Crippen molar-refractivity contribution in [3.8, 4) is 11.5 Å². The van der Waals surface area contributed by atoms with Crippen LogP contribution in [0.25, 0.3) is 0 Å². The maximum absolute atomic E-state index is 11.5. The molecule has 156 valence electrons. The Morgan fingerprint density at radius 3 is 2.66 bits per heavy atom. The van der Waals surface area contributed by atoms with Crippen molar-refractivity contribution >= 4 is 5.69 Å². The Labute approximate surface area is 169 Å². The Hall–Kier alpha value is -2.68. The van der Waals surface area contributed by atoms with E-state index in [0.29, 0.717) is 17.9 Å². The Morgan fingerprint density at radius 2 is 2.00 bits per heavy atom. The van der Waals surface area contributed by atoms with Gasteiger partial charge in [0.25, 0.3) is 0 Å². The molecule has 3 rings (SSSR count). The summed E-state index contributed by atoms with van der Waals surface area (Å²) in [6.07, 6.45) is -0.131. The summed E-state index contributed by atoms with van der Waals surface area (Å²) >= 11 is 0. The monoisotopic (exact) mass is 402 g/mol. The molecule has 0 saturated heterocycles. The van der Waals surface area contributed by atoms with Crippen molar-refractivity contribution in [1.82, 2.24) is 5.32 Å². The number of aliphatic hydroxyl groups is 1. The number of hydrogen-bond donors (Lipinski definition) is 2. The normalized spacial score (nSPS) is 19.9. The predicted octanol–water partition coefficient (Wildman–Crippen LogP) is 2.98. The lowest BCUT2D eigenvalue weighted by Gasteiger charge is -2.42. The van der Waals surface area contributed by atoms with Crippen LogP contribution in [0.5, 0.6) is 11.5 Å². The molecule has 0 bridgehead atoms. The second-order valence-electron chi connectivity index (χ2n) is 7.48. The van der Waals surface area contributed by atoms with Crippen molar-refractivity contribution in [2.45, 2.75) is 38.0 Å². The zero-order valence-electron chi connectivity index (χ0n) is 16.8. The topological polar surface area (TPSA) is 103 Å². The van der Waals surface area contributed by atoms with E-state index in [2.05, 4.69) is 5.32 Å². The first-order chi connectivity index (χ1) is 13.8. The molecule has 0 aliphatic carbocycles. The van der Waals surface area contributed by atoms with E-state index in [4.69, 9.17) is 14.2 Å². The van der Waals surface area contributed by atoms with Crippen LogP contribution in [0.15, 0.2) is 42.5 Å². The van der Waals surface area contributed by atoms with Gasteiger partial charge in [-0.05, 0) is 32.4 Å². The highest BCUT2D eigenvalue weighted by atomic mass is 16.7. The number of nitrogens with zero attached hydrogens (tertiary/aromatic N) is 1. The van der Waals surface area contributed by atoms with Gasteiger partial charge in [0, 0.05) is 24.8 Å². The maximum atomic E-state index is 11.5. The quantitative estimate of drug-likeness (QED) is 0.397. The van der Waals surface area contributed by atoms with Gasteiger partial charge in [-0.25, -0.2) is 0 Å². The van der Waals surface area contributed by atoms with Gasteiger partial charge >= 0.3 is 5.69 Å². The standard InChI is InChI=1S/C21H26N2O6/c1-21(2)20(24)19(22-10-9-14-7-5-4-6-8-14)15-11-16(23(25)26)18(28-13-27-3)12-17(15)29-21/h4-8,11-12,19-20,22,24H,9-10,13H2,1-3H3/t19-,20+/m0/s1. The zero-order valence-corrected chi connectivity index (χ0v) is 16.8. The molecule has 8 heteroatoms.